The number of rotatable bonds is 3. The molecule has 1 saturated heterocycles. The lowest BCUT2D eigenvalue weighted by Gasteiger charge is -2.36. The summed E-state index contributed by atoms with van der Waals surface area (Å²) in [6.45, 7) is 9.07. The Bertz CT molecular complexity index is 394. The molecule has 0 bridgehead atoms. The number of hydrogen-bond donors (Lipinski definition) is 1. The topological polar surface area (TPSA) is 27.1 Å². The first-order valence-electron chi connectivity index (χ1n) is 6.27. The van der Waals surface area contributed by atoms with Crippen molar-refractivity contribution in [3.63, 3.8) is 0 Å². The molecule has 0 aromatic carbocycles. The van der Waals surface area contributed by atoms with Crippen molar-refractivity contribution in [3.8, 4) is 0 Å². The summed E-state index contributed by atoms with van der Waals surface area (Å²) in [6, 6.07) is 0. The van der Waals surface area contributed by atoms with E-state index in [0.29, 0.717) is 0 Å². The Morgan fingerprint density at radius 1 is 1.29 bits per heavy atom. The lowest BCUT2D eigenvalue weighted by atomic mass is 9.82. The van der Waals surface area contributed by atoms with Gasteiger partial charge in [-0.15, -0.1) is 0 Å². The van der Waals surface area contributed by atoms with Crippen LogP contribution < -0.4 is 0 Å². The Morgan fingerprint density at radius 2 is 1.94 bits per heavy atom. The first-order chi connectivity index (χ1) is 8.08. The normalized spacial score (nSPS) is 19.5. The summed E-state index contributed by atoms with van der Waals surface area (Å²) in [6.07, 6.45) is 2.18. The lowest BCUT2D eigenvalue weighted by Crippen LogP contribution is -2.36. The van der Waals surface area contributed by atoms with Crippen molar-refractivity contribution in [2.24, 2.45) is 5.41 Å². The van der Waals surface area contributed by atoms with Crippen LogP contribution >= 0.6 is 12.6 Å². The van der Waals surface area contributed by atoms with Gasteiger partial charge in [0.2, 0.25) is 0 Å². The zero-order chi connectivity index (χ0) is 12.5. The van der Waals surface area contributed by atoms with Crippen molar-refractivity contribution >= 4 is 12.6 Å². The third-order valence-electron chi connectivity index (χ3n) is 4.12. The highest BCUT2D eigenvalue weighted by molar-refractivity contribution is 7.80. The molecule has 0 atom stereocenters. The molecule has 2 heterocycles. The van der Waals surface area contributed by atoms with Gasteiger partial charge >= 0.3 is 0 Å². The molecule has 0 radical (unpaired) electrons. The molecule has 0 unspecified atom stereocenters. The van der Waals surface area contributed by atoms with Crippen molar-refractivity contribution in [2.45, 2.75) is 40.2 Å². The van der Waals surface area contributed by atoms with Crippen LogP contribution in [0.3, 0.4) is 0 Å². The van der Waals surface area contributed by atoms with E-state index in [4.69, 9.17) is 4.74 Å². The van der Waals surface area contributed by atoms with Gasteiger partial charge in [0.1, 0.15) is 0 Å². The molecular formula is C13H22N2OS. The standard InChI is InChI=1S/C13H22N2OS/c1-10-11(2)14-15(12(10)3)8-13(9-17)4-6-16-7-5-13/h17H,4-9H2,1-3H3. The highest BCUT2D eigenvalue weighted by Gasteiger charge is 2.32. The van der Waals surface area contributed by atoms with E-state index in [1.54, 1.807) is 0 Å². The van der Waals surface area contributed by atoms with Gasteiger partial charge in [-0.1, -0.05) is 0 Å². The van der Waals surface area contributed by atoms with Gasteiger partial charge in [0, 0.05) is 30.9 Å². The van der Waals surface area contributed by atoms with Crippen molar-refractivity contribution in [3.05, 3.63) is 17.0 Å². The average Bonchev–Trinajstić information content (AvgIpc) is 2.58. The third kappa shape index (κ3) is 2.52. The van der Waals surface area contributed by atoms with E-state index in [0.717, 1.165) is 44.0 Å². The Kier molecular flexibility index (Phi) is 3.83. The van der Waals surface area contributed by atoms with Gasteiger partial charge in [-0.05, 0) is 44.9 Å². The van der Waals surface area contributed by atoms with Crippen LogP contribution in [0.25, 0.3) is 0 Å². The number of aromatic nitrogens is 2. The fourth-order valence-electron chi connectivity index (χ4n) is 2.43. The fourth-order valence-corrected chi connectivity index (χ4v) is 2.84. The minimum atomic E-state index is 0.261. The second-order valence-electron chi connectivity index (χ2n) is 5.22. The molecular weight excluding hydrogens is 232 g/mol. The summed E-state index contributed by atoms with van der Waals surface area (Å²) in [5.74, 6) is 0.910. The van der Waals surface area contributed by atoms with Crippen LogP contribution in [-0.2, 0) is 11.3 Å². The summed E-state index contributed by atoms with van der Waals surface area (Å²) in [5, 5.41) is 4.64. The maximum absolute atomic E-state index is 5.46. The van der Waals surface area contributed by atoms with E-state index < -0.39 is 0 Å². The van der Waals surface area contributed by atoms with Crippen LogP contribution in [0, 0.1) is 26.2 Å². The maximum atomic E-state index is 5.46. The number of thiol groups is 1. The third-order valence-corrected chi connectivity index (χ3v) is 4.79. The zero-order valence-corrected chi connectivity index (χ0v) is 11.9. The minimum Gasteiger partial charge on any atom is -0.381 e. The zero-order valence-electron chi connectivity index (χ0n) is 11.0. The molecule has 4 heteroatoms. The molecule has 0 amide bonds. The van der Waals surface area contributed by atoms with Gasteiger partial charge in [-0.25, -0.2) is 0 Å². The summed E-state index contributed by atoms with van der Waals surface area (Å²) in [5.41, 5.74) is 4.00. The van der Waals surface area contributed by atoms with E-state index >= 15 is 0 Å². The summed E-state index contributed by atoms with van der Waals surface area (Å²) in [7, 11) is 0. The van der Waals surface area contributed by atoms with E-state index in [9.17, 15) is 0 Å². The van der Waals surface area contributed by atoms with Crippen LogP contribution in [0.2, 0.25) is 0 Å². The van der Waals surface area contributed by atoms with E-state index in [-0.39, 0.29) is 5.41 Å². The molecule has 0 aliphatic carbocycles. The van der Waals surface area contributed by atoms with Gasteiger partial charge in [-0.2, -0.15) is 17.7 Å². The Balaban J connectivity index is 2.20. The van der Waals surface area contributed by atoms with Crippen LogP contribution in [0.5, 0.6) is 0 Å². The molecule has 1 aromatic rings. The number of hydrogen-bond acceptors (Lipinski definition) is 3. The van der Waals surface area contributed by atoms with Crippen LogP contribution in [-0.4, -0.2) is 28.7 Å². The van der Waals surface area contributed by atoms with Crippen LogP contribution in [0.1, 0.15) is 29.8 Å². The minimum absolute atomic E-state index is 0.261. The second-order valence-corrected chi connectivity index (χ2v) is 5.54. The van der Waals surface area contributed by atoms with Crippen LogP contribution in [0.15, 0.2) is 0 Å². The molecule has 96 valence electrons. The maximum Gasteiger partial charge on any atom is 0.0625 e. The van der Waals surface area contributed by atoms with E-state index in [1.165, 1.54) is 11.3 Å². The molecule has 2 rings (SSSR count). The second kappa shape index (κ2) is 5.02. The van der Waals surface area contributed by atoms with Crippen molar-refractivity contribution in [1.82, 2.24) is 9.78 Å². The Hall–Kier alpha value is -0.480. The SMILES string of the molecule is Cc1nn(CC2(CS)CCOCC2)c(C)c1C. The first-order valence-corrected chi connectivity index (χ1v) is 6.90. The summed E-state index contributed by atoms with van der Waals surface area (Å²) >= 11 is 4.55. The molecule has 0 saturated carbocycles. The predicted molar refractivity (Wildman–Crippen MR) is 72.8 cm³/mol. The first kappa shape index (κ1) is 13.0. The molecule has 0 N–H and O–H groups in total. The number of nitrogens with zero attached hydrogens (tertiary/aromatic N) is 2. The highest BCUT2D eigenvalue weighted by Crippen LogP contribution is 2.34. The van der Waals surface area contributed by atoms with Crippen LogP contribution in [0.4, 0.5) is 0 Å². The summed E-state index contributed by atoms with van der Waals surface area (Å²) < 4.78 is 7.62. The smallest absolute Gasteiger partial charge is 0.0625 e. The molecule has 1 aliphatic heterocycles. The summed E-state index contributed by atoms with van der Waals surface area (Å²) in [4.78, 5) is 0. The Morgan fingerprint density at radius 3 is 2.41 bits per heavy atom. The largest absolute Gasteiger partial charge is 0.381 e. The monoisotopic (exact) mass is 254 g/mol. The van der Waals surface area contributed by atoms with E-state index in [1.807, 2.05) is 0 Å². The van der Waals surface area contributed by atoms with Crippen molar-refractivity contribution < 1.29 is 4.74 Å². The van der Waals surface area contributed by atoms with Crippen molar-refractivity contribution in [2.75, 3.05) is 19.0 Å². The molecule has 3 nitrogen and oxygen atoms in total. The van der Waals surface area contributed by atoms with Gasteiger partial charge < -0.3 is 4.74 Å². The molecule has 1 aromatic heterocycles. The van der Waals surface area contributed by atoms with Gasteiger partial charge in [-0.3, -0.25) is 4.68 Å². The van der Waals surface area contributed by atoms with Gasteiger partial charge in [0.15, 0.2) is 0 Å². The molecule has 1 aliphatic rings. The van der Waals surface area contributed by atoms with Crippen molar-refractivity contribution in [1.29, 1.82) is 0 Å². The number of ether oxygens (including phenoxy) is 1. The Labute approximate surface area is 109 Å². The lowest BCUT2D eigenvalue weighted by molar-refractivity contribution is 0.0162. The number of aryl methyl sites for hydroxylation is 1. The van der Waals surface area contributed by atoms with E-state index in [2.05, 4.69) is 43.2 Å². The van der Waals surface area contributed by atoms with Gasteiger partial charge in [0.25, 0.3) is 0 Å². The molecule has 0 spiro atoms. The molecule has 1 fully saturated rings. The van der Waals surface area contributed by atoms with Gasteiger partial charge in [0.05, 0.1) is 5.69 Å². The predicted octanol–water partition coefficient (Wildman–Crippen LogP) is 2.53. The fraction of sp³-hybridized carbons (Fsp3) is 0.769. The molecule has 17 heavy (non-hydrogen) atoms. The highest BCUT2D eigenvalue weighted by atomic mass is 32.1. The quantitative estimate of drug-likeness (QED) is 0.839. The average molecular weight is 254 g/mol.